The molecule has 0 aromatic carbocycles. The smallest absolute Gasteiger partial charge is 0.320 e. The Bertz CT molecular complexity index is 284. The topological polar surface area (TPSA) is 52.6 Å². The van der Waals surface area contributed by atoms with Crippen LogP contribution in [0.2, 0.25) is 0 Å². The molecule has 0 unspecified atom stereocenters. The van der Waals surface area contributed by atoms with E-state index in [4.69, 9.17) is 0 Å². The van der Waals surface area contributed by atoms with Crippen LogP contribution in [-0.2, 0) is 19.1 Å². The lowest BCUT2D eigenvalue weighted by molar-refractivity contribution is -0.159. The van der Waals surface area contributed by atoms with Gasteiger partial charge in [-0.3, -0.25) is 9.59 Å². The first kappa shape index (κ1) is 14.5. The van der Waals surface area contributed by atoms with Crippen molar-refractivity contribution >= 4 is 11.9 Å². The number of carbonyl (C=O) groups is 2. The van der Waals surface area contributed by atoms with Crippen LogP contribution in [0.25, 0.3) is 0 Å². The van der Waals surface area contributed by atoms with Crippen LogP contribution in [0, 0.1) is 5.92 Å². The lowest BCUT2D eigenvalue weighted by atomic mass is 10.0. The van der Waals surface area contributed by atoms with Crippen molar-refractivity contribution in [2.75, 3.05) is 14.2 Å². The maximum absolute atomic E-state index is 11.3. The molecule has 0 N–H and O–H groups in total. The van der Waals surface area contributed by atoms with Crippen molar-refractivity contribution in [2.45, 2.75) is 26.2 Å². The van der Waals surface area contributed by atoms with Gasteiger partial charge in [-0.1, -0.05) is 6.58 Å². The SMILES string of the molecule is C=C=C(C)CCCC(C(=O)OC)C(=O)OC. The largest absolute Gasteiger partial charge is 0.468 e. The Morgan fingerprint density at radius 3 is 2.12 bits per heavy atom. The molecule has 0 aliphatic carbocycles. The van der Waals surface area contributed by atoms with Gasteiger partial charge in [0.05, 0.1) is 14.2 Å². The number of hydrogen-bond acceptors (Lipinski definition) is 4. The third-order valence-corrected chi connectivity index (χ3v) is 2.32. The van der Waals surface area contributed by atoms with Crippen molar-refractivity contribution in [3.05, 3.63) is 17.9 Å². The van der Waals surface area contributed by atoms with Gasteiger partial charge >= 0.3 is 11.9 Å². The first-order valence-corrected chi connectivity index (χ1v) is 5.08. The lowest BCUT2D eigenvalue weighted by Gasteiger charge is -2.11. The number of allylic oxidation sites excluding steroid dienone is 1. The number of rotatable bonds is 6. The summed E-state index contributed by atoms with van der Waals surface area (Å²) in [5.41, 5.74) is 3.77. The first-order valence-electron chi connectivity index (χ1n) is 5.08. The normalized spacial score (nSPS) is 9.50. The van der Waals surface area contributed by atoms with E-state index >= 15 is 0 Å². The fourth-order valence-electron chi connectivity index (χ4n) is 1.28. The van der Waals surface area contributed by atoms with Crippen molar-refractivity contribution in [1.29, 1.82) is 0 Å². The quantitative estimate of drug-likeness (QED) is 0.394. The molecule has 0 aliphatic heterocycles. The number of ether oxygens (including phenoxy) is 2. The van der Waals surface area contributed by atoms with Gasteiger partial charge in [0.1, 0.15) is 0 Å². The summed E-state index contributed by atoms with van der Waals surface area (Å²) in [6, 6.07) is 0. The molecular formula is C12H18O4. The first-order chi connectivity index (χ1) is 7.56. The Morgan fingerprint density at radius 1 is 1.25 bits per heavy atom. The maximum atomic E-state index is 11.3. The molecule has 4 heteroatoms. The van der Waals surface area contributed by atoms with E-state index in [-0.39, 0.29) is 0 Å². The monoisotopic (exact) mass is 226 g/mol. The molecule has 0 amide bonds. The van der Waals surface area contributed by atoms with E-state index in [1.165, 1.54) is 14.2 Å². The Balaban J connectivity index is 4.28. The molecule has 0 aromatic rings. The minimum atomic E-state index is -0.826. The number of hydrogen-bond donors (Lipinski definition) is 0. The Labute approximate surface area is 95.9 Å². The third kappa shape index (κ3) is 4.80. The fraction of sp³-hybridized carbons (Fsp3) is 0.583. The highest BCUT2D eigenvalue weighted by molar-refractivity contribution is 5.94. The molecule has 0 aliphatic rings. The van der Waals surface area contributed by atoms with Crippen LogP contribution in [0.1, 0.15) is 26.2 Å². The Morgan fingerprint density at radius 2 is 1.75 bits per heavy atom. The predicted molar refractivity (Wildman–Crippen MR) is 59.7 cm³/mol. The molecular weight excluding hydrogens is 208 g/mol. The number of methoxy groups -OCH3 is 2. The minimum Gasteiger partial charge on any atom is -0.468 e. The zero-order valence-corrected chi connectivity index (χ0v) is 10.0. The van der Waals surface area contributed by atoms with Crippen molar-refractivity contribution in [3.63, 3.8) is 0 Å². The number of carbonyl (C=O) groups excluding carboxylic acids is 2. The van der Waals surface area contributed by atoms with Gasteiger partial charge in [0.25, 0.3) is 0 Å². The van der Waals surface area contributed by atoms with Crippen LogP contribution in [0.3, 0.4) is 0 Å². The average Bonchev–Trinajstić information content (AvgIpc) is 2.32. The van der Waals surface area contributed by atoms with Crippen LogP contribution < -0.4 is 0 Å². The van der Waals surface area contributed by atoms with Gasteiger partial charge in [0.15, 0.2) is 5.92 Å². The van der Waals surface area contributed by atoms with E-state index in [1.54, 1.807) is 0 Å². The van der Waals surface area contributed by atoms with Gasteiger partial charge < -0.3 is 9.47 Å². The molecule has 0 saturated heterocycles. The molecule has 0 spiro atoms. The summed E-state index contributed by atoms with van der Waals surface area (Å²) in [6.07, 6.45) is 1.87. The molecule has 0 aromatic heterocycles. The lowest BCUT2D eigenvalue weighted by Crippen LogP contribution is -2.26. The second-order valence-electron chi connectivity index (χ2n) is 3.45. The Kier molecular flexibility index (Phi) is 6.97. The van der Waals surface area contributed by atoms with Crippen LogP contribution in [-0.4, -0.2) is 26.2 Å². The summed E-state index contributed by atoms with van der Waals surface area (Å²) >= 11 is 0. The van der Waals surface area contributed by atoms with Crippen molar-refractivity contribution in [2.24, 2.45) is 5.92 Å². The highest BCUT2D eigenvalue weighted by Crippen LogP contribution is 2.14. The molecule has 0 radical (unpaired) electrons. The third-order valence-electron chi connectivity index (χ3n) is 2.32. The van der Waals surface area contributed by atoms with Gasteiger partial charge in [-0.25, -0.2) is 0 Å². The van der Waals surface area contributed by atoms with E-state index in [0.29, 0.717) is 12.8 Å². The molecule has 16 heavy (non-hydrogen) atoms. The van der Waals surface area contributed by atoms with E-state index in [1.807, 2.05) is 6.92 Å². The molecule has 0 bridgehead atoms. The van der Waals surface area contributed by atoms with E-state index < -0.39 is 17.9 Å². The van der Waals surface area contributed by atoms with Gasteiger partial charge in [0, 0.05) is 0 Å². The second kappa shape index (κ2) is 7.71. The van der Waals surface area contributed by atoms with Crippen LogP contribution in [0.4, 0.5) is 0 Å². The maximum Gasteiger partial charge on any atom is 0.320 e. The highest BCUT2D eigenvalue weighted by Gasteiger charge is 2.27. The van der Waals surface area contributed by atoms with E-state index in [0.717, 1.165) is 12.0 Å². The Hall–Kier alpha value is -1.54. The van der Waals surface area contributed by atoms with Gasteiger partial charge in [-0.05, 0) is 31.8 Å². The summed E-state index contributed by atoms with van der Waals surface area (Å²) in [6.45, 7) is 5.42. The predicted octanol–water partition coefficient (Wildman–Crippen LogP) is 1.85. The zero-order valence-electron chi connectivity index (χ0n) is 10.0. The average molecular weight is 226 g/mol. The summed E-state index contributed by atoms with van der Waals surface area (Å²) in [5.74, 6) is -1.92. The molecule has 0 atom stereocenters. The van der Waals surface area contributed by atoms with Crippen LogP contribution >= 0.6 is 0 Å². The van der Waals surface area contributed by atoms with Crippen LogP contribution in [0.5, 0.6) is 0 Å². The van der Waals surface area contributed by atoms with Crippen molar-refractivity contribution in [1.82, 2.24) is 0 Å². The summed E-state index contributed by atoms with van der Waals surface area (Å²) < 4.78 is 9.09. The van der Waals surface area contributed by atoms with Gasteiger partial charge in [-0.2, -0.15) is 0 Å². The minimum absolute atomic E-state index is 0.415. The number of esters is 2. The van der Waals surface area contributed by atoms with E-state index in [9.17, 15) is 9.59 Å². The van der Waals surface area contributed by atoms with Gasteiger partial charge in [-0.15, -0.1) is 5.73 Å². The second-order valence-corrected chi connectivity index (χ2v) is 3.45. The molecule has 0 heterocycles. The summed E-state index contributed by atoms with van der Waals surface area (Å²) in [4.78, 5) is 22.6. The molecule has 0 fully saturated rings. The zero-order chi connectivity index (χ0) is 12.6. The fourth-order valence-corrected chi connectivity index (χ4v) is 1.28. The van der Waals surface area contributed by atoms with Crippen molar-refractivity contribution in [3.8, 4) is 0 Å². The highest BCUT2D eigenvalue weighted by atomic mass is 16.5. The van der Waals surface area contributed by atoms with Crippen molar-refractivity contribution < 1.29 is 19.1 Å². The summed E-state index contributed by atoms with van der Waals surface area (Å²) in [5, 5.41) is 0. The van der Waals surface area contributed by atoms with Gasteiger partial charge in [0.2, 0.25) is 0 Å². The molecule has 90 valence electrons. The van der Waals surface area contributed by atoms with Crippen LogP contribution in [0.15, 0.2) is 17.9 Å². The molecule has 0 rings (SSSR count). The molecule has 4 nitrogen and oxygen atoms in total. The summed E-state index contributed by atoms with van der Waals surface area (Å²) in [7, 11) is 2.51. The standard InChI is InChI=1S/C12H18O4/c1-5-9(2)7-6-8-10(11(13)15-3)12(14)16-4/h10H,1,6-8H2,2-4H3. The van der Waals surface area contributed by atoms with E-state index in [2.05, 4.69) is 21.8 Å². The molecule has 0 saturated carbocycles.